The van der Waals surface area contributed by atoms with Gasteiger partial charge in [0, 0.05) is 5.39 Å². The molecule has 0 fully saturated rings. The van der Waals surface area contributed by atoms with Crippen LogP contribution in [0.2, 0.25) is 0 Å². The van der Waals surface area contributed by atoms with E-state index in [1.54, 1.807) is 25.1 Å². The van der Waals surface area contributed by atoms with Crippen LogP contribution in [0.1, 0.15) is 5.69 Å². The minimum absolute atomic E-state index is 0.0175. The summed E-state index contributed by atoms with van der Waals surface area (Å²) >= 11 is 0. The van der Waals surface area contributed by atoms with Gasteiger partial charge in [-0.1, -0.05) is 6.07 Å². The number of hydrogen-bond acceptors (Lipinski definition) is 10. The van der Waals surface area contributed by atoms with Crippen LogP contribution in [0.4, 0.5) is 25.1 Å². The molecule has 0 radical (unpaired) electrons. The van der Waals surface area contributed by atoms with E-state index in [4.69, 9.17) is 14.2 Å². The van der Waals surface area contributed by atoms with E-state index in [2.05, 4.69) is 30.0 Å². The van der Waals surface area contributed by atoms with Crippen molar-refractivity contribution in [1.82, 2.24) is 19.9 Å². The molecule has 0 unspecified atom stereocenters. The van der Waals surface area contributed by atoms with E-state index in [0.29, 0.717) is 28.1 Å². The number of rotatable bonds is 6. The van der Waals surface area contributed by atoms with E-state index < -0.39 is 18.0 Å². The maximum atomic E-state index is 12.9. The Morgan fingerprint density at radius 3 is 2.17 bits per heavy atom. The zero-order chi connectivity index (χ0) is 25.3. The second kappa shape index (κ2) is 9.08. The third-order valence-electron chi connectivity index (χ3n) is 4.92. The predicted octanol–water partition coefficient (Wildman–Crippen LogP) is 4.12. The molecule has 0 aliphatic carbocycles. The summed E-state index contributed by atoms with van der Waals surface area (Å²) in [6.07, 6.45) is -5.22. The highest BCUT2D eigenvalue weighted by atomic mass is 19.4. The first-order valence-corrected chi connectivity index (χ1v) is 9.96. The Balaban J connectivity index is 1.85. The van der Waals surface area contributed by atoms with Crippen LogP contribution < -0.4 is 24.3 Å². The number of carbonyl (C=O) groups excluding carboxylic acids is 1. The van der Waals surface area contributed by atoms with E-state index >= 15 is 0 Å². The lowest BCUT2D eigenvalue weighted by atomic mass is 10.1. The fourth-order valence-electron chi connectivity index (χ4n) is 3.36. The van der Waals surface area contributed by atoms with Gasteiger partial charge in [0.1, 0.15) is 16.8 Å². The van der Waals surface area contributed by atoms with Crippen LogP contribution in [0.25, 0.3) is 21.8 Å². The lowest BCUT2D eigenvalue weighted by molar-refractivity contribution is -0.189. The molecular weight excluding hydrogens is 471 g/mol. The number of ether oxygens (including phenoxy) is 4. The SMILES string of the molecule is COc1ccc2c(C)nc(Nc3nc(OC(=O)C(F)(F)F)c4cccc(OC)c4n3)nc2c1OC. The van der Waals surface area contributed by atoms with Crippen LogP contribution in [0.15, 0.2) is 30.3 Å². The summed E-state index contributed by atoms with van der Waals surface area (Å²) in [4.78, 5) is 28.6. The minimum Gasteiger partial charge on any atom is -0.494 e. The molecule has 0 saturated carbocycles. The van der Waals surface area contributed by atoms with Gasteiger partial charge in [0.2, 0.25) is 17.8 Å². The van der Waals surface area contributed by atoms with Crippen LogP contribution in [0, 0.1) is 6.92 Å². The average molecular weight is 489 g/mol. The summed E-state index contributed by atoms with van der Waals surface area (Å²) in [5.41, 5.74) is 1.10. The summed E-state index contributed by atoms with van der Waals surface area (Å²) in [5.74, 6) is -2.23. The van der Waals surface area contributed by atoms with Gasteiger partial charge >= 0.3 is 12.1 Å². The Labute approximate surface area is 196 Å². The summed E-state index contributed by atoms with van der Waals surface area (Å²) in [5, 5.41) is 3.48. The number of nitrogens with zero attached hydrogens (tertiary/aromatic N) is 4. The first kappa shape index (κ1) is 23.7. The van der Waals surface area contributed by atoms with Crippen molar-refractivity contribution in [3.05, 3.63) is 36.0 Å². The van der Waals surface area contributed by atoms with Crippen LogP contribution >= 0.6 is 0 Å². The van der Waals surface area contributed by atoms with Gasteiger partial charge < -0.3 is 18.9 Å². The van der Waals surface area contributed by atoms with Gasteiger partial charge in [-0.15, -0.1) is 0 Å². The molecule has 2 aromatic heterocycles. The topological polar surface area (TPSA) is 118 Å². The number of aryl methyl sites for hydroxylation is 1. The van der Waals surface area contributed by atoms with Gasteiger partial charge in [0.25, 0.3) is 0 Å². The van der Waals surface area contributed by atoms with Gasteiger partial charge in [-0.3, -0.25) is 5.32 Å². The number of benzene rings is 2. The Kier molecular flexibility index (Phi) is 6.16. The maximum Gasteiger partial charge on any atom is 0.491 e. The van der Waals surface area contributed by atoms with E-state index in [1.165, 1.54) is 33.5 Å². The molecule has 0 aliphatic rings. The molecule has 2 heterocycles. The highest BCUT2D eigenvalue weighted by molar-refractivity contribution is 5.92. The molecule has 1 N–H and O–H groups in total. The first-order chi connectivity index (χ1) is 16.7. The summed E-state index contributed by atoms with van der Waals surface area (Å²) in [6, 6.07) is 7.92. The molecule has 0 amide bonds. The van der Waals surface area contributed by atoms with E-state index in [0.717, 1.165) is 0 Å². The predicted molar refractivity (Wildman–Crippen MR) is 118 cm³/mol. The molecule has 4 aromatic rings. The summed E-state index contributed by atoms with van der Waals surface area (Å²) in [6.45, 7) is 1.74. The molecular formula is C22H18F3N5O5. The Morgan fingerprint density at radius 1 is 0.829 bits per heavy atom. The third kappa shape index (κ3) is 4.52. The molecule has 4 rings (SSSR count). The highest BCUT2D eigenvalue weighted by Gasteiger charge is 2.42. The van der Waals surface area contributed by atoms with Crippen molar-refractivity contribution in [2.45, 2.75) is 13.1 Å². The second-order valence-corrected chi connectivity index (χ2v) is 7.05. The molecule has 13 heteroatoms. The molecule has 10 nitrogen and oxygen atoms in total. The number of anilines is 2. The lowest BCUT2D eigenvalue weighted by Gasteiger charge is -2.14. The average Bonchev–Trinajstić information content (AvgIpc) is 2.82. The molecule has 0 atom stereocenters. The lowest BCUT2D eigenvalue weighted by Crippen LogP contribution is -2.28. The fraction of sp³-hybridized carbons (Fsp3) is 0.227. The largest absolute Gasteiger partial charge is 0.494 e. The Bertz CT molecular complexity index is 1450. The van der Waals surface area contributed by atoms with Crippen molar-refractivity contribution in [3.8, 4) is 23.1 Å². The highest BCUT2D eigenvalue weighted by Crippen LogP contribution is 2.36. The molecule has 182 valence electrons. The summed E-state index contributed by atoms with van der Waals surface area (Å²) in [7, 11) is 4.31. The van der Waals surface area contributed by atoms with Crippen molar-refractivity contribution < 1.29 is 36.9 Å². The number of nitrogens with one attached hydrogen (secondary N) is 1. The molecule has 35 heavy (non-hydrogen) atoms. The number of methoxy groups -OCH3 is 3. The molecule has 0 bridgehead atoms. The van der Waals surface area contributed by atoms with Gasteiger partial charge in [0.15, 0.2) is 11.5 Å². The Hall–Kier alpha value is -4.42. The number of esters is 1. The van der Waals surface area contributed by atoms with E-state index in [-0.39, 0.29) is 28.5 Å². The van der Waals surface area contributed by atoms with Gasteiger partial charge in [0.05, 0.1) is 32.4 Å². The fourth-order valence-corrected chi connectivity index (χ4v) is 3.36. The quantitative estimate of drug-likeness (QED) is 0.396. The monoisotopic (exact) mass is 489 g/mol. The number of carbonyl (C=O) groups is 1. The third-order valence-corrected chi connectivity index (χ3v) is 4.92. The molecule has 0 aliphatic heterocycles. The van der Waals surface area contributed by atoms with E-state index in [1.807, 2.05) is 0 Å². The van der Waals surface area contributed by atoms with Gasteiger partial charge in [-0.05, 0) is 31.2 Å². The maximum absolute atomic E-state index is 12.9. The molecule has 0 spiro atoms. The number of alkyl halides is 3. The summed E-state index contributed by atoms with van der Waals surface area (Å²) < 4.78 is 59.1. The van der Waals surface area contributed by atoms with Crippen LogP contribution in [-0.2, 0) is 4.79 Å². The van der Waals surface area contributed by atoms with Gasteiger partial charge in [-0.2, -0.15) is 18.2 Å². The van der Waals surface area contributed by atoms with Crippen LogP contribution in [0.3, 0.4) is 0 Å². The van der Waals surface area contributed by atoms with Crippen LogP contribution in [-0.4, -0.2) is 53.4 Å². The van der Waals surface area contributed by atoms with Crippen molar-refractivity contribution in [1.29, 1.82) is 0 Å². The molecule has 2 aromatic carbocycles. The minimum atomic E-state index is -5.22. The zero-order valence-corrected chi connectivity index (χ0v) is 18.9. The number of aromatic nitrogens is 4. The number of hydrogen-bond donors (Lipinski definition) is 1. The van der Waals surface area contributed by atoms with Crippen molar-refractivity contribution >= 4 is 39.7 Å². The first-order valence-electron chi connectivity index (χ1n) is 9.96. The van der Waals surface area contributed by atoms with Gasteiger partial charge in [-0.25, -0.2) is 19.7 Å². The normalized spacial score (nSPS) is 11.4. The zero-order valence-electron chi connectivity index (χ0n) is 18.9. The van der Waals surface area contributed by atoms with E-state index in [9.17, 15) is 18.0 Å². The second-order valence-electron chi connectivity index (χ2n) is 7.05. The number of para-hydroxylation sites is 1. The van der Waals surface area contributed by atoms with Crippen molar-refractivity contribution in [2.75, 3.05) is 26.6 Å². The standard InChI is InChI=1S/C22H18F3N5O5/c1-10-11-8-9-14(33-3)17(34-4)16(11)28-20(26-10)30-21-27-15-12(6-5-7-13(15)32-2)18(29-21)35-19(31)22(23,24)25/h5-9H,1-4H3,(H,26,27,28,29,30). The number of fused-ring (bicyclic) bond motifs is 2. The smallest absolute Gasteiger partial charge is 0.491 e. The van der Waals surface area contributed by atoms with Crippen molar-refractivity contribution in [2.24, 2.45) is 0 Å². The number of halogens is 3. The van der Waals surface area contributed by atoms with Crippen LogP contribution in [0.5, 0.6) is 23.1 Å². The Morgan fingerprint density at radius 2 is 1.51 bits per heavy atom. The van der Waals surface area contributed by atoms with Crippen molar-refractivity contribution in [3.63, 3.8) is 0 Å². The molecule has 0 saturated heterocycles.